The Morgan fingerprint density at radius 1 is 0.547 bits per heavy atom. The first-order valence-corrected chi connectivity index (χ1v) is 22.2. The largest absolute Gasteiger partial charge is 0.544 e. The van der Waals surface area contributed by atoms with E-state index in [1.54, 1.807) is 21.1 Å². The van der Waals surface area contributed by atoms with Gasteiger partial charge >= 0.3 is 11.9 Å². The molecule has 0 aliphatic heterocycles. The van der Waals surface area contributed by atoms with Gasteiger partial charge in [0.05, 0.1) is 40.3 Å². The fourth-order valence-corrected chi connectivity index (χ4v) is 6.64. The van der Waals surface area contributed by atoms with Crippen LogP contribution in [0, 0.1) is 0 Å². The molecule has 53 heavy (non-hydrogen) atoms. The molecular weight excluding hydrogens is 666 g/mol. The third kappa shape index (κ3) is 35.5. The maximum absolute atomic E-state index is 12.7. The van der Waals surface area contributed by atoms with E-state index < -0.39 is 18.1 Å². The van der Waals surface area contributed by atoms with Crippen molar-refractivity contribution in [3.05, 3.63) is 12.2 Å². The quantitative estimate of drug-likeness (QED) is 0.0266. The van der Waals surface area contributed by atoms with Crippen LogP contribution in [0.15, 0.2) is 12.2 Å². The van der Waals surface area contributed by atoms with E-state index in [2.05, 4.69) is 26.0 Å². The first kappa shape index (κ1) is 51.1. The number of carboxylic acids is 1. The third-order valence-corrected chi connectivity index (χ3v) is 10.2. The number of nitrogens with zero attached hydrogens (tertiary/aromatic N) is 1. The van der Waals surface area contributed by atoms with Crippen molar-refractivity contribution in [2.24, 2.45) is 0 Å². The average Bonchev–Trinajstić information content (AvgIpc) is 3.11. The number of quaternary nitrogens is 1. The Labute approximate surface area is 327 Å². The van der Waals surface area contributed by atoms with E-state index in [-0.39, 0.29) is 42.7 Å². The van der Waals surface area contributed by atoms with Crippen LogP contribution >= 0.6 is 0 Å². The highest BCUT2D eigenvalue weighted by Gasteiger charge is 2.25. The molecule has 0 N–H and O–H groups in total. The molecule has 0 saturated heterocycles. The molecule has 0 aromatic heterocycles. The second-order valence-corrected chi connectivity index (χ2v) is 16.3. The zero-order chi connectivity index (χ0) is 39.3. The van der Waals surface area contributed by atoms with Gasteiger partial charge in [0.2, 0.25) is 0 Å². The summed E-state index contributed by atoms with van der Waals surface area (Å²) < 4.78 is 17.1. The molecule has 0 radical (unpaired) electrons. The van der Waals surface area contributed by atoms with Gasteiger partial charge in [-0.25, -0.2) is 0 Å². The van der Waals surface area contributed by atoms with Crippen LogP contribution in [0.1, 0.15) is 206 Å². The van der Waals surface area contributed by atoms with E-state index in [1.165, 1.54) is 122 Å². The van der Waals surface area contributed by atoms with Crippen molar-refractivity contribution in [2.75, 3.05) is 41.0 Å². The lowest BCUT2D eigenvalue weighted by Crippen LogP contribution is -2.55. The number of esters is 2. The van der Waals surface area contributed by atoms with Crippen molar-refractivity contribution >= 4 is 17.9 Å². The molecule has 2 unspecified atom stereocenters. The zero-order valence-corrected chi connectivity index (χ0v) is 35.4. The number of rotatable bonds is 40. The maximum Gasteiger partial charge on any atom is 0.306 e. The number of carboxylic acid groups (broad SMARTS) is 1. The van der Waals surface area contributed by atoms with Crippen molar-refractivity contribution < 1.29 is 38.2 Å². The molecule has 0 fully saturated rings. The van der Waals surface area contributed by atoms with Gasteiger partial charge in [-0.3, -0.25) is 9.59 Å². The number of carbonyl (C=O) groups is 3. The second-order valence-electron chi connectivity index (χ2n) is 16.3. The number of unbranched alkanes of at least 4 members (excludes halogenated alkanes) is 24. The molecule has 0 heterocycles. The highest BCUT2D eigenvalue weighted by atomic mass is 16.6. The summed E-state index contributed by atoms with van der Waals surface area (Å²) in [5, 5.41) is 11.6. The molecule has 2 atom stereocenters. The van der Waals surface area contributed by atoms with E-state index in [0.29, 0.717) is 12.8 Å². The Morgan fingerprint density at radius 3 is 1.42 bits per heavy atom. The Morgan fingerprint density at radius 2 is 0.962 bits per heavy atom. The summed E-state index contributed by atoms with van der Waals surface area (Å²) in [5.41, 5.74) is 0. The Kier molecular flexibility index (Phi) is 35.7. The highest BCUT2D eigenvalue weighted by Crippen LogP contribution is 2.16. The van der Waals surface area contributed by atoms with Gasteiger partial charge in [-0.15, -0.1) is 0 Å². The Bertz CT molecular complexity index is 885. The van der Waals surface area contributed by atoms with Crippen LogP contribution < -0.4 is 5.11 Å². The molecule has 8 nitrogen and oxygen atoms in total. The normalized spacial score (nSPS) is 13.0. The molecule has 0 saturated carbocycles. The minimum Gasteiger partial charge on any atom is -0.544 e. The van der Waals surface area contributed by atoms with E-state index in [4.69, 9.17) is 14.2 Å². The van der Waals surface area contributed by atoms with Crippen molar-refractivity contribution in [1.82, 2.24) is 0 Å². The van der Waals surface area contributed by atoms with Crippen LogP contribution in [0.25, 0.3) is 0 Å². The number of allylic oxidation sites excluding steroid dienone is 2. The summed E-state index contributed by atoms with van der Waals surface area (Å²) in [6.07, 6.45) is 38.1. The van der Waals surface area contributed by atoms with Gasteiger partial charge in [0, 0.05) is 19.3 Å². The van der Waals surface area contributed by atoms with E-state index >= 15 is 0 Å². The zero-order valence-electron chi connectivity index (χ0n) is 35.4. The lowest BCUT2D eigenvalue weighted by atomic mass is 10.0. The fraction of sp³-hybridized carbons (Fsp3) is 0.889. The summed E-state index contributed by atoms with van der Waals surface area (Å²) in [4.78, 5) is 36.8. The van der Waals surface area contributed by atoms with E-state index in [0.717, 1.165) is 51.4 Å². The number of aliphatic carboxylic acids is 1. The topological polar surface area (TPSA) is 102 Å². The molecule has 0 rings (SSSR count). The monoisotopic (exact) mass is 752 g/mol. The van der Waals surface area contributed by atoms with Crippen LogP contribution in [-0.2, 0) is 28.6 Å². The molecular formula is C45H85NO7. The van der Waals surface area contributed by atoms with Crippen LogP contribution in [0.4, 0.5) is 0 Å². The van der Waals surface area contributed by atoms with Crippen LogP contribution in [0.2, 0.25) is 0 Å². The van der Waals surface area contributed by atoms with Gasteiger partial charge in [-0.2, -0.15) is 0 Å². The van der Waals surface area contributed by atoms with Crippen LogP contribution in [0.5, 0.6) is 0 Å². The number of hydrogen-bond donors (Lipinski definition) is 0. The minimum atomic E-state index is -1.12. The predicted octanol–water partition coefficient (Wildman–Crippen LogP) is 10.6. The second kappa shape index (κ2) is 37.0. The van der Waals surface area contributed by atoms with Gasteiger partial charge in [0.15, 0.2) is 6.10 Å². The average molecular weight is 752 g/mol. The predicted molar refractivity (Wildman–Crippen MR) is 217 cm³/mol. The summed E-state index contributed by atoms with van der Waals surface area (Å²) in [5.74, 6) is -1.73. The summed E-state index contributed by atoms with van der Waals surface area (Å²) >= 11 is 0. The molecule has 8 heteroatoms. The third-order valence-electron chi connectivity index (χ3n) is 10.2. The van der Waals surface area contributed by atoms with Gasteiger partial charge in [0.1, 0.15) is 12.6 Å². The number of carbonyl (C=O) groups excluding carboxylic acids is 3. The van der Waals surface area contributed by atoms with Gasteiger partial charge in [0.25, 0.3) is 0 Å². The lowest BCUT2D eigenvalue weighted by Gasteiger charge is -2.34. The molecule has 0 amide bonds. The smallest absolute Gasteiger partial charge is 0.306 e. The van der Waals surface area contributed by atoms with Crippen LogP contribution in [-0.4, -0.2) is 75.5 Å². The lowest BCUT2D eigenvalue weighted by molar-refractivity contribution is -0.889. The van der Waals surface area contributed by atoms with Crippen LogP contribution in [0.3, 0.4) is 0 Å². The fourth-order valence-electron chi connectivity index (χ4n) is 6.64. The number of likely N-dealkylation sites (N-methyl/N-ethyl adjacent to an activating group) is 1. The molecule has 312 valence electrons. The van der Waals surface area contributed by atoms with Gasteiger partial charge in [-0.05, 0) is 32.1 Å². The molecule has 0 aromatic rings. The van der Waals surface area contributed by atoms with Crippen molar-refractivity contribution in [3.63, 3.8) is 0 Å². The first-order chi connectivity index (χ1) is 25.6. The number of ether oxygens (including phenoxy) is 3. The molecule has 0 spiro atoms. The van der Waals surface area contributed by atoms with Crippen molar-refractivity contribution in [2.45, 2.75) is 219 Å². The van der Waals surface area contributed by atoms with Crippen molar-refractivity contribution in [1.29, 1.82) is 0 Å². The molecule has 0 aliphatic carbocycles. The Hall–Kier alpha value is -1.93. The molecule has 0 aromatic carbocycles. The summed E-state index contributed by atoms with van der Waals surface area (Å²) in [7, 11) is 5.41. The standard InChI is InChI=1S/C45H85NO7/c1-6-8-10-12-14-16-18-19-20-21-22-23-24-26-27-29-31-33-35-43(47)52-40-41(39-51-38-37-42(45(49)50)46(3,4)5)53-44(48)36-34-32-30-28-25-17-15-13-11-9-7-2/h13,15,41-42H,6-12,14,16-40H2,1-5H3/b15-13+. The Balaban J connectivity index is 4.25. The van der Waals surface area contributed by atoms with E-state index in [9.17, 15) is 19.5 Å². The van der Waals surface area contributed by atoms with Gasteiger partial charge < -0.3 is 28.6 Å². The molecule has 0 aliphatic rings. The van der Waals surface area contributed by atoms with Gasteiger partial charge in [-0.1, -0.05) is 167 Å². The molecule has 0 bridgehead atoms. The summed E-state index contributed by atoms with van der Waals surface area (Å²) in [6, 6.07) is -0.722. The van der Waals surface area contributed by atoms with E-state index in [1.807, 2.05) is 0 Å². The summed E-state index contributed by atoms with van der Waals surface area (Å²) in [6.45, 7) is 4.64. The number of hydrogen-bond acceptors (Lipinski definition) is 7. The highest BCUT2D eigenvalue weighted by molar-refractivity contribution is 5.70. The SMILES string of the molecule is CCCC/C=C/CCCCCCCC(=O)OC(COCCC(C(=O)[O-])[N+](C)(C)C)COC(=O)CCCCCCCCCCCCCCCCCCCC. The van der Waals surface area contributed by atoms with Crippen molar-refractivity contribution in [3.8, 4) is 0 Å². The minimum absolute atomic E-state index is 0.0426. The maximum atomic E-state index is 12.7. The first-order valence-electron chi connectivity index (χ1n) is 22.2.